The second-order valence-electron chi connectivity index (χ2n) is 5.14. The molecule has 3 aromatic rings. The number of benzene rings is 2. The standard InChI is InChI=1S/C17H15N3O2S/c1-11-3-7-16-14(9-11)19-17(23-16)8-5-12-4-6-13(18-2)15(10-12)20(21)22/h3-10,18H,1-2H3/b8-5-. The molecule has 0 aliphatic heterocycles. The van der Waals surface area contributed by atoms with Crippen molar-refractivity contribution in [3.63, 3.8) is 0 Å². The molecule has 0 radical (unpaired) electrons. The quantitative estimate of drug-likeness (QED) is 0.556. The summed E-state index contributed by atoms with van der Waals surface area (Å²) in [5.74, 6) is 0. The summed E-state index contributed by atoms with van der Waals surface area (Å²) >= 11 is 1.60. The molecule has 1 heterocycles. The first-order chi connectivity index (χ1) is 11.1. The van der Waals surface area contributed by atoms with Crippen molar-refractivity contribution in [3.05, 3.63) is 62.6 Å². The Morgan fingerprint density at radius 2 is 2.04 bits per heavy atom. The lowest BCUT2D eigenvalue weighted by molar-refractivity contribution is -0.383. The molecule has 0 saturated heterocycles. The molecule has 1 aromatic heterocycles. The number of anilines is 1. The highest BCUT2D eigenvalue weighted by Crippen LogP contribution is 2.27. The average molecular weight is 325 g/mol. The van der Waals surface area contributed by atoms with Crippen LogP contribution in [-0.2, 0) is 0 Å². The highest BCUT2D eigenvalue weighted by molar-refractivity contribution is 7.19. The van der Waals surface area contributed by atoms with Crippen molar-refractivity contribution in [1.82, 2.24) is 4.98 Å². The van der Waals surface area contributed by atoms with Crippen LogP contribution in [0.4, 0.5) is 11.4 Å². The Morgan fingerprint density at radius 3 is 2.78 bits per heavy atom. The Bertz CT molecular complexity index is 915. The Morgan fingerprint density at radius 1 is 1.22 bits per heavy atom. The van der Waals surface area contributed by atoms with Crippen molar-refractivity contribution in [2.24, 2.45) is 0 Å². The molecule has 0 aliphatic rings. The van der Waals surface area contributed by atoms with E-state index in [-0.39, 0.29) is 10.6 Å². The Hall–Kier alpha value is -2.73. The Labute approximate surface area is 137 Å². The van der Waals surface area contributed by atoms with Gasteiger partial charge in [0.2, 0.25) is 0 Å². The maximum absolute atomic E-state index is 11.1. The topological polar surface area (TPSA) is 68.1 Å². The van der Waals surface area contributed by atoms with E-state index < -0.39 is 0 Å². The normalized spacial score (nSPS) is 11.2. The number of rotatable bonds is 4. The second kappa shape index (κ2) is 6.18. The van der Waals surface area contributed by atoms with E-state index in [2.05, 4.69) is 28.5 Å². The van der Waals surface area contributed by atoms with Gasteiger partial charge in [0, 0.05) is 13.1 Å². The van der Waals surface area contributed by atoms with Gasteiger partial charge < -0.3 is 5.32 Å². The minimum Gasteiger partial charge on any atom is -0.383 e. The fourth-order valence-corrected chi connectivity index (χ4v) is 3.16. The van der Waals surface area contributed by atoms with Gasteiger partial charge in [-0.25, -0.2) is 4.98 Å². The van der Waals surface area contributed by atoms with E-state index in [0.717, 1.165) is 20.8 Å². The van der Waals surface area contributed by atoms with E-state index in [4.69, 9.17) is 0 Å². The lowest BCUT2D eigenvalue weighted by Gasteiger charge is -2.02. The molecule has 0 unspecified atom stereocenters. The lowest BCUT2D eigenvalue weighted by Crippen LogP contribution is -1.96. The number of thiazole rings is 1. The summed E-state index contributed by atoms with van der Waals surface area (Å²) in [5, 5.41) is 14.8. The Kier molecular flexibility index (Phi) is 4.08. The number of nitro benzene ring substituents is 1. The molecule has 0 bridgehead atoms. The summed E-state index contributed by atoms with van der Waals surface area (Å²) in [6.45, 7) is 2.04. The largest absolute Gasteiger partial charge is 0.383 e. The SMILES string of the molecule is CNc1ccc(/C=C\c2nc3cc(C)ccc3s2)cc1[N+](=O)[O-]. The molecule has 1 N–H and O–H groups in total. The van der Waals surface area contributed by atoms with E-state index in [1.807, 2.05) is 25.1 Å². The zero-order valence-corrected chi connectivity index (χ0v) is 13.6. The molecular formula is C17H15N3O2S. The van der Waals surface area contributed by atoms with Gasteiger partial charge in [-0.2, -0.15) is 0 Å². The predicted molar refractivity (Wildman–Crippen MR) is 95.9 cm³/mol. The number of aromatic nitrogens is 1. The molecule has 6 heteroatoms. The summed E-state index contributed by atoms with van der Waals surface area (Å²) in [4.78, 5) is 15.3. The Balaban J connectivity index is 1.92. The van der Waals surface area contributed by atoms with Crippen LogP contribution in [0.1, 0.15) is 16.1 Å². The molecule has 0 spiro atoms. The molecule has 0 saturated carbocycles. The van der Waals surface area contributed by atoms with E-state index >= 15 is 0 Å². The van der Waals surface area contributed by atoms with E-state index in [1.165, 1.54) is 5.56 Å². The van der Waals surface area contributed by atoms with Gasteiger partial charge in [-0.15, -0.1) is 11.3 Å². The molecule has 23 heavy (non-hydrogen) atoms. The summed E-state index contributed by atoms with van der Waals surface area (Å²) < 4.78 is 1.13. The van der Waals surface area contributed by atoms with Crippen molar-refractivity contribution in [2.45, 2.75) is 6.92 Å². The van der Waals surface area contributed by atoms with Crippen LogP contribution in [0.15, 0.2) is 36.4 Å². The van der Waals surface area contributed by atoms with Crippen LogP contribution in [-0.4, -0.2) is 17.0 Å². The fraction of sp³-hybridized carbons (Fsp3) is 0.118. The maximum atomic E-state index is 11.1. The van der Waals surface area contributed by atoms with Gasteiger partial charge in [-0.3, -0.25) is 10.1 Å². The summed E-state index contributed by atoms with van der Waals surface area (Å²) in [7, 11) is 1.67. The van der Waals surface area contributed by atoms with Crippen molar-refractivity contribution < 1.29 is 4.92 Å². The van der Waals surface area contributed by atoms with Crippen LogP contribution < -0.4 is 5.32 Å². The van der Waals surface area contributed by atoms with Gasteiger partial charge in [-0.05, 0) is 42.3 Å². The van der Waals surface area contributed by atoms with Crippen molar-refractivity contribution in [3.8, 4) is 0 Å². The third-order valence-electron chi connectivity index (χ3n) is 3.47. The first-order valence-electron chi connectivity index (χ1n) is 7.08. The van der Waals surface area contributed by atoms with Gasteiger partial charge in [0.15, 0.2) is 0 Å². The van der Waals surface area contributed by atoms with Gasteiger partial charge in [0.05, 0.1) is 15.1 Å². The molecule has 0 fully saturated rings. The van der Waals surface area contributed by atoms with Crippen LogP contribution >= 0.6 is 11.3 Å². The average Bonchev–Trinajstić information content (AvgIpc) is 2.94. The first kappa shape index (κ1) is 15.2. The third kappa shape index (κ3) is 3.22. The van der Waals surface area contributed by atoms with Crippen LogP contribution in [0.2, 0.25) is 0 Å². The van der Waals surface area contributed by atoms with Gasteiger partial charge in [0.25, 0.3) is 5.69 Å². The van der Waals surface area contributed by atoms with Crippen molar-refractivity contribution in [2.75, 3.05) is 12.4 Å². The fourth-order valence-electron chi connectivity index (χ4n) is 2.31. The number of nitro groups is 1. The highest BCUT2D eigenvalue weighted by atomic mass is 32.1. The first-order valence-corrected chi connectivity index (χ1v) is 7.90. The van der Waals surface area contributed by atoms with Crippen LogP contribution in [0.5, 0.6) is 0 Å². The molecular weight excluding hydrogens is 310 g/mol. The van der Waals surface area contributed by atoms with Crippen LogP contribution in [0, 0.1) is 17.0 Å². The molecule has 2 aromatic carbocycles. The van der Waals surface area contributed by atoms with Crippen molar-refractivity contribution in [1.29, 1.82) is 0 Å². The van der Waals surface area contributed by atoms with Gasteiger partial charge in [-0.1, -0.05) is 18.2 Å². The predicted octanol–water partition coefficient (Wildman–Crippen LogP) is 4.73. The summed E-state index contributed by atoms with van der Waals surface area (Å²) in [6.07, 6.45) is 3.73. The number of nitrogens with one attached hydrogen (secondary N) is 1. The van der Waals surface area contributed by atoms with E-state index in [1.54, 1.807) is 30.5 Å². The minimum atomic E-state index is -0.385. The molecule has 0 atom stereocenters. The number of aryl methyl sites for hydroxylation is 1. The van der Waals surface area contributed by atoms with Crippen LogP contribution in [0.3, 0.4) is 0 Å². The number of nitrogens with zero attached hydrogens (tertiary/aromatic N) is 2. The van der Waals surface area contributed by atoms with E-state index in [0.29, 0.717) is 5.69 Å². The molecule has 3 rings (SSSR count). The molecule has 5 nitrogen and oxygen atoms in total. The molecule has 116 valence electrons. The third-order valence-corrected chi connectivity index (χ3v) is 4.47. The van der Waals surface area contributed by atoms with Crippen molar-refractivity contribution >= 4 is 45.1 Å². The molecule has 0 aliphatic carbocycles. The monoisotopic (exact) mass is 325 g/mol. The highest BCUT2D eigenvalue weighted by Gasteiger charge is 2.12. The number of hydrogen-bond acceptors (Lipinski definition) is 5. The van der Waals surface area contributed by atoms with Gasteiger partial charge in [0.1, 0.15) is 10.7 Å². The summed E-state index contributed by atoms with van der Waals surface area (Å²) in [5.41, 5.74) is 3.49. The molecule has 0 amide bonds. The summed E-state index contributed by atoms with van der Waals surface area (Å²) in [6, 6.07) is 11.3. The number of hydrogen-bond donors (Lipinski definition) is 1. The number of fused-ring (bicyclic) bond motifs is 1. The van der Waals surface area contributed by atoms with Gasteiger partial charge >= 0.3 is 0 Å². The maximum Gasteiger partial charge on any atom is 0.292 e. The second-order valence-corrected chi connectivity index (χ2v) is 6.20. The zero-order chi connectivity index (χ0) is 16.4. The minimum absolute atomic E-state index is 0.0644. The van der Waals surface area contributed by atoms with Crippen LogP contribution in [0.25, 0.3) is 22.4 Å². The lowest BCUT2D eigenvalue weighted by atomic mass is 10.1. The zero-order valence-electron chi connectivity index (χ0n) is 12.7. The smallest absolute Gasteiger partial charge is 0.292 e. The van der Waals surface area contributed by atoms with E-state index in [9.17, 15) is 10.1 Å².